The molecular formula is C98H126N8O12. The van der Waals surface area contributed by atoms with Gasteiger partial charge in [-0.15, -0.1) is 0 Å². The number of fused-ring (bicyclic) bond motifs is 11. The fraction of sp³-hybridized carbons (Fsp3) is 0.561. The molecule has 9 heterocycles. The Morgan fingerprint density at radius 3 is 1.67 bits per heavy atom. The lowest BCUT2D eigenvalue weighted by Gasteiger charge is -2.30. The molecule has 118 heavy (non-hydrogen) atoms. The van der Waals surface area contributed by atoms with Crippen molar-refractivity contribution in [3.8, 4) is 33.8 Å². The van der Waals surface area contributed by atoms with Crippen LogP contribution in [0.15, 0.2) is 111 Å². The number of methoxy groups -OCH3 is 3. The minimum absolute atomic E-state index is 0.0100. The van der Waals surface area contributed by atoms with Crippen LogP contribution in [0.3, 0.4) is 0 Å². The summed E-state index contributed by atoms with van der Waals surface area (Å²) in [5.41, 5.74) is 23.8. The smallest absolute Gasteiger partial charge is 0.410 e. The molecule has 1 saturated carbocycles. The lowest BCUT2D eigenvalue weighted by Crippen LogP contribution is -2.44. The van der Waals surface area contributed by atoms with E-state index in [4.69, 9.17) is 48.8 Å². The fourth-order valence-electron chi connectivity index (χ4n) is 19.9. The molecule has 5 aromatic carbocycles. The molecule has 0 radical (unpaired) electrons. The van der Waals surface area contributed by atoms with Gasteiger partial charge in [0.15, 0.2) is 0 Å². The molecule has 9 aliphatic heterocycles. The van der Waals surface area contributed by atoms with E-state index in [1.165, 1.54) is 121 Å². The maximum absolute atomic E-state index is 13.9. The number of benzene rings is 5. The fourth-order valence-corrected chi connectivity index (χ4v) is 19.9. The number of alkyl carbamates (subject to hydrolysis) is 1. The molecule has 11 aliphatic rings. The number of likely N-dealkylation sites (tertiary alicyclic amines) is 3. The van der Waals surface area contributed by atoms with Crippen LogP contribution < -0.4 is 14.8 Å². The van der Waals surface area contributed by atoms with Gasteiger partial charge in [0, 0.05) is 136 Å². The van der Waals surface area contributed by atoms with Crippen LogP contribution in [0.25, 0.3) is 49.7 Å². The number of aliphatic carboxylic acids is 1. The van der Waals surface area contributed by atoms with Gasteiger partial charge in [0.2, 0.25) is 11.8 Å². The van der Waals surface area contributed by atoms with E-state index < -0.39 is 23.7 Å². The number of allylic oxidation sites excluding steroid dienone is 4. The maximum Gasteiger partial charge on any atom is 0.410 e. The second-order valence-corrected chi connectivity index (χ2v) is 36.6. The predicted octanol–water partition coefficient (Wildman–Crippen LogP) is 19.9. The number of carbonyl (C=O) groups is 5. The molecule has 5 aromatic rings. The number of hydrogen-bond donors (Lipinski definition) is 2. The topological polar surface area (TPSA) is 232 Å². The zero-order valence-electron chi connectivity index (χ0n) is 72.7. The second kappa shape index (κ2) is 36.4. The van der Waals surface area contributed by atoms with E-state index in [9.17, 15) is 24.0 Å². The number of nitrogens with one attached hydrogen (secondary N) is 1. The molecule has 0 bridgehead atoms. The average Bonchev–Trinajstić information content (AvgIpc) is 1.42. The minimum atomic E-state index is -1.04. The third-order valence-electron chi connectivity index (χ3n) is 28.0. The van der Waals surface area contributed by atoms with Crippen LogP contribution in [0, 0.1) is 59.2 Å². The zero-order chi connectivity index (χ0) is 83.7. The predicted molar refractivity (Wildman–Crippen MR) is 469 cm³/mol. The van der Waals surface area contributed by atoms with Crippen molar-refractivity contribution in [3.63, 3.8) is 0 Å². The molecule has 0 aromatic heterocycles. The quantitative estimate of drug-likeness (QED) is 0.0659. The van der Waals surface area contributed by atoms with E-state index in [2.05, 4.69) is 148 Å². The monoisotopic (exact) mass is 1610 g/mol. The maximum atomic E-state index is 13.9. The Hall–Kier alpha value is -9.27. The Labute approximate surface area is 698 Å². The number of carboxylic acid groups (broad SMARTS) is 1. The SMILES string of the molecule is CC[C@H](C)[C@H](NC(=O)OC)C(=O)O.CC[C@H]1C[C@@H](C2=NC=C(c3ccc4c(c3)COc3cc5c(cc3-4)CCC3=C5CC([C@H]4CC[C@@H](COC)C4)=N3)C2)N(C(=O)OC(C)(C)C)C1.CC[C@H]1C[C@@H](C2=NC=C(c3ccc4c(c3)COc3cc5c6c(ccc5cc3-4)N=C([C@@H]3C[C@H](COC)CN3C(=O)[C@@H](C)[C@@H](C)CC)C6)C2)N(C(=O)[C@@H](C)[C@@H](C)CC)C1. The minimum Gasteiger partial charge on any atom is -0.488 e. The number of carboxylic acids is 1. The highest BCUT2D eigenvalue weighted by Crippen LogP contribution is 2.51. The molecular weight excluding hydrogens is 1480 g/mol. The zero-order valence-corrected chi connectivity index (χ0v) is 72.7. The number of aliphatic imine (C=N–C) groups is 4. The highest BCUT2D eigenvalue weighted by molar-refractivity contribution is 6.08. The Kier molecular flexibility index (Phi) is 26.2. The first-order valence-electron chi connectivity index (χ1n) is 44.1. The second-order valence-electron chi connectivity index (χ2n) is 36.6. The Morgan fingerprint density at radius 1 is 0.551 bits per heavy atom. The van der Waals surface area contributed by atoms with Crippen molar-refractivity contribution >= 4 is 86.0 Å². The van der Waals surface area contributed by atoms with Crippen molar-refractivity contribution in [2.75, 3.05) is 54.2 Å². The molecule has 630 valence electrons. The standard InChI is InChI=1S/C49H62N4O4.C41H49N3O4.C8H15NO4/c1-9-28(4)30(6)48(54)52-24-32(11-3)16-45(52)43-20-36(23-50-43)34-12-14-38-37(18-34)27-57-47-22-39-35(19-41(38)47)13-15-42-40(39)21-44(51-42)46-17-33(26-56-8)25-53(46)49(55)31(7)29(5)10-2;1-6-24-14-38(44(21-24)40(45)48-41(2,3)4)37-17-29(20-42-37)26-9-11-31-30(15-26)23-47-39-19-32-27(16-34(31)39)10-12-35-33(32)18-36(43-35)28-8-7-25(13-28)22-46-5;1-4-5(2)6(7(10)11)9-8(12)13-3/h12-15,18-19,22-23,28-33,45-46H,9-11,16-17,20-21,24-27H2,1-8H3;9,11,15-16,19-20,24-25,28,38H,6-8,10,12-14,17-18,21-23H2,1-5H3;5-6H,4H2,1-3H3,(H,9,12)(H,10,11)/t28-,29-,30-,31-,32-,33-,45-,46-;24-,25+,28-,38-;5-,6-/m000/s1. The van der Waals surface area contributed by atoms with Gasteiger partial charge in [0.1, 0.15) is 36.4 Å². The summed E-state index contributed by atoms with van der Waals surface area (Å²) >= 11 is 0. The molecule has 20 heteroatoms. The van der Waals surface area contributed by atoms with Gasteiger partial charge in [-0.25, -0.2) is 14.4 Å². The number of aryl methyl sites for hydroxylation is 1. The molecule has 4 amide bonds. The Bertz CT molecular complexity index is 4900. The Balaban J connectivity index is 0.000000170. The summed E-state index contributed by atoms with van der Waals surface area (Å²) in [4.78, 5) is 88.7. The first kappa shape index (κ1) is 85.2. The van der Waals surface area contributed by atoms with Gasteiger partial charge in [-0.1, -0.05) is 132 Å². The van der Waals surface area contributed by atoms with Gasteiger partial charge < -0.3 is 48.6 Å². The van der Waals surface area contributed by atoms with E-state index in [1.807, 2.05) is 52.1 Å². The molecule has 0 spiro atoms. The molecule has 2 N–H and O–H groups in total. The van der Waals surface area contributed by atoms with Crippen molar-refractivity contribution in [1.29, 1.82) is 0 Å². The largest absolute Gasteiger partial charge is 0.488 e. The van der Waals surface area contributed by atoms with Gasteiger partial charge in [-0.2, -0.15) is 0 Å². The summed E-state index contributed by atoms with van der Waals surface area (Å²) in [6.07, 6.45) is 19.7. The molecule has 16 rings (SSSR count). The van der Waals surface area contributed by atoms with Crippen LogP contribution in [0.2, 0.25) is 0 Å². The summed E-state index contributed by atoms with van der Waals surface area (Å²) in [6, 6.07) is 26.3. The van der Waals surface area contributed by atoms with Crippen molar-refractivity contribution in [3.05, 3.63) is 130 Å². The van der Waals surface area contributed by atoms with Gasteiger partial charge in [-0.3, -0.25) is 34.5 Å². The molecule has 20 nitrogen and oxygen atoms in total. The Morgan fingerprint density at radius 2 is 1.10 bits per heavy atom. The first-order valence-corrected chi connectivity index (χ1v) is 44.1. The van der Waals surface area contributed by atoms with E-state index in [-0.39, 0.29) is 53.8 Å². The van der Waals surface area contributed by atoms with Crippen molar-refractivity contribution < 1.29 is 57.5 Å². The average molecular weight is 1610 g/mol. The summed E-state index contributed by atoms with van der Waals surface area (Å²) in [6.45, 7) is 31.6. The molecule has 3 saturated heterocycles. The highest BCUT2D eigenvalue weighted by Gasteiger charge is 2.45. The lowest BCUT2D eigenvalue weighted by atomic mass is 9.83. The first-order chi connectivity index (χ1) is 56.7. The third-order valence-corrected chi connectivity index (χ3v) is 28.0. The molecule has 0 unspecified atom stereocenters. The van der Waals surface area contributed by atoms with Gasteiger partial charge in [0.05, 0.1) is 37.5 Å². The molecule has 14 atom stereocenters. The lowest BCUT2D eigenvalue weighted by molar-refractivity contribution is -0.141. The van der Waals surface area contributed by atoms with Gasteiger partial charge in [0.25, 0.3) is 0 Å². The van der Waals surface area contributed by atoms with Crippen LogP contribution in [-0.4, -0.2) is 157 Å². The van der Waals surface area contributed by atoms with Crippen LogP contribution in [0.5, 0.6) is 11.5 Å². The normalized spacial score (nSPS) is 24.0. The summed E-state index contributed by atoms with van der Waals surface area (Å²) in [5, 5.41) is 13.4. The van der Waals surface area contributed by atoms with E-state index in [0.717, 1.165) is 150 Å². The number of ether oxygens (including phenoxy) is 6. The summed E-state index contributed by atoms with van der Waals surface area (Å²) < 4.78 is 34.1. The summed E-state index contributed by atoms with van der Waals surface area (Å²) in [5.74, 6) is 4.51. The van der Waals surface area contributed by atoms with E-state index in [1.54, 1.807) is 14.0 Å². The summed E-state index contributed by atoms with van der Waals surface area (Å²) in [7, 11) is 4.77. The van der Waals surface area contributed by atoms with Crippen molar-refractivity contribution in [1.82, 2.24) is 20.0 Å². The van der Waals surface area contributed by atoms with Crippen molar-refractivity contribution in [2.24, 2.45) is 79.1 Å². The number of carbonyl (C=O) groups excluding carboxylic acids is 4. The van der Waals surface area contributed by atoms with Gasteiger partial charge in [-0.05, 0) is 234 Å². The van der Waals surface area contributed by atoms with E-state index in [0.29, 0.717) is 67.7 Å². The number of amides is 4. The van der Waals surface area contributed by atoms with Crippen LogP contribution in [0.1, 0.15) is 225 Å². The van der Waals surface area contributed by atoms with Crippen molar-refractivity contribution in [2.45, 2.75) is 242 Å². The third kappa shape index (κ3) is 17.8. The van der Waals surface area contributed by atoms with Crippen LogP contribution in [0.4, 0.5) is 15.3 Å². The van der Waals surface area contributed by atoms with E-state index >= 15 is 0 Å². The number of hydrogen-bond acceptors (Lipinski definition) is 15. The van der Waals surface area contributed by atoms with Crippen LogP contribution in [-0.2, 0) is 59.4 Å². The van der Waals surface area contributed by atoms with Crippen LogP contribution >= 0.6 is 0 Å². The number of rotatable bonds is 22. The molecule has 2 aliphatic carbocycles. The molecule has 4 fully saturated rings. The van der Waals surface area contributed by atoms with Gasteiger partial charge >= 0.3 is 18.2 Å². The highest BCUT2D eigenvalue weighted by atomic mass is 16.6. The number of nitrogens with zero attached hydrogens (tertiary/aromatic N) is 7.